The number of carbonyl (C=O) groups is 2. The van der Waals surface area contributed by atoms with E-state index in [1.165, 1.54) is 238 Å². The fraction of sp³-hybridized carbons (Fsp3) is 0.881. The first-order chi connectivity index (χ1) is 37.4. The third-order valence-electron chi connectivity index (χ3n) is 15.1. The molecule has 0 aromatic rings. The molecule has 0 rings (SSSR count). The first kappa shape index (κ1) is 75.2. The summed E-state index contributed by atoms with van der Waals surface area (Å²) in [5.74, 6) is -0.606. The predicted molar refractivity (Wildman–Crippen MR) is 330 cm³/mol. The molecule has 454 valence electrons. The molecule has 0 aromatic heterocycles. The van der Waals surface area contributed by atoms with Crippen molar-refractivity contribution in [3.63, 3.8) is 0 Å². The largest absolute Gasteiger partial charge is 0.756 e. The van der Waals surface area contributed by atoms with Crippen molar-refractivity contribution in [2.75, 3.05) is 40.9 Å². The van der Waals surface area contributed by atoms with Gasteiger partial charge in [0.2, 0.25) is 5.91 Å². The number of rotatable bonds is 61. The second kappa shape index (κ2) is 57.5. The number of carbonyl (C=O) groups excluding carboxylic acids is 2. The zero-order valence-electron chi connectivity index (χ0n) is 51.9. The molecule has 0 radical (unpaired) electrons. The summed E-state index contributed by atoms with van der Waals surface area (Å²) in [7, 11) is 1.17. The van der Waals surface area contributed by atoms with Gasteiger partial charge in [-0.2, -0.15) is 0 Å². The van der Waals surface area contributed by atoms with Crippen LogP contribution in [-0.2, 0) is 27.9 Å². The van der Waals surface area contributed by atoms with Gasteiger partial charge in [0.25, 0.3) is 7.82 Å². The number of likely N-dealkylation sites (N-methyl/N-ethyl adjacent to an activating group) is 1. The van der Waals surface area contributed by atoms with Crippen molar-refractivity contribution in [2.24, 2.45) is 0 Å². The van der Waals surface area contributed by atoms with Gasteiger partial charge in [-0.1, -0.05) is 302 Å². The Kier molecular flexibility index (Phi) is 56.1. The predicted octanol–water partition coefficient (Wildman–Crippen LogP) is 20.0. The van der Waals surface area contributed by atoms with Gasteiger partial charge in [-0.15, -0.1) is 0 Å². The van der Waals surface area contributed by atoms with Gasteiger partial charge < -0.3 is 28.5 Å². The van der Waals surface area contributed by atoms with E-state index in [2.05, 4.69) is 44.3 Å². The molecule has 1 amide bonds. The molecule has 77 heavy (non-hydrogen) atoms. The molecule has 10 heteroatoms. The lowest BCUT2D eigenvalue weighted by Crippen LogP contribution is -2.47. The van der Waals surface area contributed by atoms with Gasteiger partial charge in [0.1, 0.15) is 19.3 Å². The zero-order chi connectivity index (χ0) is 56.4. The van der Waals surface area contributed by atoms with Gasteiger partial charge in [0, 0.05) is 12.8 Å². The van der Waals surface area contributed by atoms with E-state index in [1.807, 2.05) is 39.4 Å². The highest BCUT2D eigenvalue weighted by atomic mass is 31.2. The van der Waals surface area contributed by atoms with Crippen molar-refractivity contribution in [1.82, 2.24) is 5.32 Å². The highest BCUT2D eigenvalue weighted by Gasteiger charge is 2.27. The lowest BCUT2D eigenvalue weighted by molar-refractivity contribution is -0.870. The Morgan fingerprint density at radius 1 is 0.455 bits per heavy atom. The van der Waals surface area contributed by atoms with Crippen molar-refractivity contribution in [2.45, 2.75) is 341 Å². The molecule has 0 aliphatic rings. The highest BCUT2D eigenvalue weighted by Crippen LogP contribution is 2.38. The minimum absolute atomic E-state index is 0.0292. The summed E-state index contributed by atoms with van der Waals surface area (Å²) in [4.78, 5) is 39.9. The fourth-order valence-electron chi connectivity index (χ4n) is 9.93. The summed E-state index contributed by atoms with van der Waals surface area (Å²) >= 11 is 0. The van der Waals surface area contributed by atoms with Crippen LogP contribution in [0.25, 0.3) is 0 Å². The molecule has 0 aliphatic carbocycles. The Balaban J connectivity index is 4.96. The van der Waals surface area contributed by atoms with Crippen molar-refractivity contribution in [3.05, 3.63) is 36.5 Å². The topological polar surface area (TPSA) is 114 Å². The average molecular weight is 1110 g/mol. The number of amides is 1. The number of unbranched alkanes of at least 4 members (excludes halogenated alkanes) is 41. The molecule has 0 aliphatic heterocycles. The van der Waals surface area contributed by atoms with Gasteiger partial charge in [0.05, 0.1) is 33.8 Å². The van der Waals surface area contributed by atoms with E-state index in [0.717, 1.165) is 51.4 Å². The summed E-state index contributed by atoms with van der Waals surface area (Å²) in [6.45, 7) is 6.82. The number of quaternary nitrogens is 1. The fourth-order valence-corrected chi connectivity index (χ4v) is 10.7. The van der Waals surface area contributed by atoms with Crippen molar-refractivity contribution >= 4 is 19.7 Å². The van der Waals surface area contributed by atoms with E-state index < -0.39 is 26.6 Å². The van der Waals surface area contributed by atoms with Crippen LogP contribution in [0.15, 0.2) is 36.5 Å². The molecule has 0 bridgehead atoms. The Hall–Kier alpha value is -1.77. The lowest BCUT2D eigenvalue weighted by atomic mass is 10.0. The summed E-state index contributed by atoms with van der Waals surface area (Å²) in [5.41, 5.74) is 0. The number of hydrogen-bond acceptors (Lipinski definition) is 7. The number of nitrogens with zero attached hydrogens (tertiary/aromatic N) is 1. The summed E-state index contributed by atoms with van der Waals surface area (Å²) in [6.07, 6.45) is 70.2. The molecular formula is C67H129N2O7P. The molecule has 3 atom stereocenters. The van der Waals surface area contributed by atoms with Crippen LogP contribution in [0.5, 0.6) is 0 Å². The molecule has 0 heterocycles. The van der Waals surface area contributed by atoms with Crippen molar-refractivity contribution in [1.29, 1.82) is 0 Å². The molecule has 0 aromatic carbocycles. The van der Waals surface area contributed by atoms with E-state index in [-0.39, 0.29) is 31.3 Å². The van der Waals surface area contributed by atoms with Crippen LogP contribution in [0.1, 0.15) is 329 Å². The minimum Gasteiger partial charge on any atom is -0.756 e. The highest BCUT2D eigenvalue weighted by molar-refractivity contribution is 7.45. The van der Waals surface area contributed by atoms with Crippen LogP contribution in [-0.4, -0.2) is 69.4 Å². The molecule has 0 saturated carbocycles. The lowest BCUT2D eigenvalue weighted by Gasteiger charge is -2.30. The Morgan fingerprint density at radius 3 is 1.19 bits per heavy atom. The Bertz CT molecular complexity index is 1410. The van der Waals surface area contributed by atoms with E-state index in [9.17, 15) is 19.0 Å². The van der Waals surface area contributed by atoms with Gasteiger partial charge >= 0.3 is 5.97 Å². The molecule has 1 N–H and O–H groups in total. The van der Waals surface area contributed by atoms with Crippen LogP contribution < -0.4 is 10.2 Å². The standard InChI is InChI=1S/C67H129N2O7P/c1-7-10-13-16-19-22-25-27-28-29-30-31-32-33-34-35-36-37-38-39-40-42-45-48-51-54-57-60-67(71)76-65(58-55-52-49-46-43-24-21-18-15-12-9-3)64(63-75-77(72,73)74-62-61-69(4,5)6)68-66(70)59-56-53-50-47-44-41-26-23-20-17-14-11-8-2/h41,44,50,53,55,58,64-65H,7-40,42-43,45-49,51-52,54,56-57,59-63H2,1-6H3,(H-,68,70,72,73)/b44-41-,53-50+,58-55-. The van der Waals surface area contributed by atoms with Crippen LogP contribution in [0.2, 0.25) is 0 Å². The van der Waals surface area contributed by atoms with Crippen LogP contribution in [0.4, 0.5) is 0 Å². The number of esters is 1. The molecule has 0 fully saturated rings. The first-order valence-electron chi connectivity index (χ1n) is 33.3. The maximum atomic E-state index is 13.5. The minimum atomic E-state index is -4.71. The SMILES string of the molecule is CCCCCCCC/C=C\C/C=C/CCC(=O)NC(COP(=O)([O-])OCC[N+](C)(C)C)C(/C=C\CCCCCCCCCCC)OC(=O)CCCCCCCCCCCCCCCCCCCCCCCCCCCCC. The van der Waals surface area contributed by atoms with E-state index in [1.54, 1.807) is 0 Å². The molecule has 3 unspecified atom stereocenters. The Morgan fingerprint density at radius 2 is 0.805 bits per heavy atom. The average Bonchev–Trinajstić information content (AvgIpc) is 3.39. The van der Waals surface area contributed by atoms with Crippen molar-refractivity contribution < 1.29 is 37.3 Å². The van der Waals surface area contributed by atoms with Gasteiger partial charge in [-0.25, -0.2) is 0 Å². The molecule has 9 nitrogen and oxygen atoms in total. The number of phosphoric acid groups is 1. The summed E-state index contributed by atoms with van der Waals surface area (Å²) in [5, 5.41) is 2.99. The normalized spacial score (nSPS) is 13.8. The smallest absolute Gasteiger partial charge is 0.306 e. The number of nitrogens with one attached hydrogen (secondary N) is 1. The second-order valence-electron chi connectivity index (χ2n) is 24.0. The van der Waals surface area contributed by atoms with Gasteiger partial charge in [0.15, 0.2) is 0 Å². The van der Waals surface area contributed by atoms with Gasteiger partial charge in [-0.3, -0.25) is 14.2 Å². The maximum Gasteiger partial charge on any atom is 0.306 e. The molecular weight excluding hydrogens is 976 g/mol. The summed E-state index contributed by atoms with van der Waals surface area (Å²) < 4.78 is 30.3. The van der Waals surface area contributed by atoms with Crippen molar-refractivity contribution in [3.8, 4) is 0 Å². The number of phosphoric ester groups is 1. The second-order valence-corrected chi connectivity index (χ2v) is 25.4. The first-order valence-corrected chi connectivity index (χ1v) is 34.8. The number of hydrogen-bond donors (Lipinski definition) is 1. The van der Waals surface area contributed by atoms with Crippen LogP contribution in [0, 0.1) is 0 Å². The van der Waals surface area contributed by atoms with E-state index >= 15 is 0 Å². The zero-order valence-corrected chi connectivity index (χ0v) is 52.8. The maximum absolute atomic E-state index is 13.5. The van der Waals surface area contributed by atoms with Crippen LogP contribution in [0.3, 0.4) is 0 Å². The quantitative estimate of drug-likeness (QED) is 0.0212. The van der Waals surface area contributed by atoms with E-state index in [4.69, 9.17) is 13.8 Å². The van der Waals surface area contributed by atoms with Crippen LogP contribution >= 0.6 is 7.82 Å². The summed E-state index contributed by atoms with van der Waals surface area (Å²) in [6, 6.07) is -0.914. The number of allylic oxidation sites excluding steroid dienone is 5. The molecule has 0 spiro atoms. The van der Waals surface area contributed by atoms with Gasteiger partial charge in [-0.05, 0) is 51.0 Å². The number of ether oxygens (including phenoxy) is 1. The monoisotopic (exact) mass is 1100 g/mol. The molecule has 0 saturated heterocycles. The van der Waals surface area contributed by atoms with E-state index in [0.29, 0.717) is 17.4 Å². The Labute approximate surface area is 478 Å². The third-order valence-corrected chi connectivity index (χ3v) is 16.1. The third kappa shape index (κ3) is 58.7.